The maximum absolute atomic E-state index is 5.01. The van der Waals surface area contributed by atoms with Crippen molar-refractivity contribution in [1.29, 1.82) is 0 Å². The van der Waals surface area contributed by atoms with E-state index in [0.29, 0.717) is 0 Å². The molecule has 0 bridgehead atoms. The van der Waals surface area contributed by atoms with Crippen LogP contribution in [0.4, 0.5) is 0 Å². The van der Waals surface area contributed by atoms with E-state index in [1.54, 1.807) is 0 Å². The Morgan fingerprint density at radius 3 is 2.43 bits per heavy atom. The molecular formula is C5H11OS. The minimum Gasteiger partial charge on any atom is -0.367 e. The lowest BCUT2D eigenvalue weighted by Crippen LogP contribution is -1.99. The Morgan fingerprint density at radius 1 is 1.71 bits per heavy atom. The molecule has 2 heteroatoms. The summed E-state index contributed by atoms with van der Waals surface area (Å²) in [5, 5.41) is 0. The predicted molar refractivity (Wildman–Crippen MR) is 33.3 cm³/mol. The van der Waals surface area contributed by atoms with E-state index < -0.39 is 0 Å². The Balaban J connectivity index is 2.68. The van der Waals surface area contributed by atoms with Crippen LogP contribution in [0.3, 0.4) is 0 Å². The molecule has 0 rings (SSSR count). The fraction of sp³-hybridized carbons (Fsp3) is 1.00. The molecule has 0 aliphatic carbocycles. The number of hydrogen-bond donors (Lipinski definition) is 0. The third-order valence-electron chi connectivity index (χ3n) is 0.557. The summed E-state index contributed by atoms with van der Waals surface area (Å²) in [6.45, 7) is 4.73. The minimum absolute atomic E-state index is 0.0139. The van der Waals surface area contributed by atoms with Gasteiger partial charge < -0.3 is 4.74 Å². The zero-order chi connectivity index (χ0) is 5.70. The molecule has 0 aromatic rings. The van der Waals surface area contributed by atoms with Gasteiger partial charge in [0.1, 0.15) is 5.44 Å². The van der Waals surface area contributed by atoms with Crippen LogP contribution in [0, 0.1) is 0 Å². The van der Waals surface area contributed by atoms with Gasteiger partial charge in [-0.1, -0.05) is 19.6 Å². The summed E-state index contributed by atoms with van der Waals surface area (Å²) in [6, 6.07) is 0. The molecule has 1 unspecified atom stereocenters. The standard InChI is InChI=1S/C5H11OS/c1-3-4-6-5(2)7/h5H,3-4H2,1-2H3. The Labute approximate surface area is 50.5 Å². The van der Waals surface area contributed by atoms with E-state index in [1.807, 2.05) is 6.92 Å². The van der Waals surface area contributed by atoms with E-state index in [9.17, 15) is 0 Å². The highest BCUT2D eigenvalue weighted by atomic mass is 32.1. The van der Waals surface area contributed by atoms with Crippen LogP contribution in [0.5, 0.6) is 0 Å². The Hall–Kier alpha value is 0.310. The number of hydrogen-bond acceptors (Lipinski definition) is 1. The van der Waals surface area contributed by atoms with E-state index in [-0.39, 0.29) is 5.44 Å². The molecule has 43 valence electrons. The lowest BCUT2D eigenvalue weighted by Gasteiger charge is -2.01. The fourth-order valence-electron chi connectivity index (χ4n) is 0.284. The van der Waals surface area contributed by atoms with Crippen LogP contribution >= 0.6 is 12.6 Å². The second-order valence-corrected chi connectivity index (χ2v) is 2.10. The van der Waals surface area contributed by atoms with Crippen LogP contribution in [-0.4, -0.2) is 12.0 Å². The summed E-state index contributed by atoms with van der Waals surface area (Å²) in [5.41, 5.74) is -0.0139. The predicted octanol–water partition coefficient (Wildman–Crippen LogP) is 1.96. The second-order valence-electron chi connectivity index (χ2n) is 1.44. The first-order valence-electron chi connectivity index (χ1n) is 2.54. The maximum atomic E-state index is 5.01. The molecule has 0 aromatic carbocycles. The van der Waals surface area contributed by atoms with Crippen LogP contribution in [-0.2, 0) is 4.74 Å². The highest BCUT2D eigenvalue weighted by Crippen LogP contribution is 1.94. The van der Waals surface area contributed by atoms with Crippen LogP contribution < -0.4 is 0 Å². The molecule has 0 amide bonds. The van der Waals surface area contributed by atoms with Crippen molar-refractivity contribution in [3.8, 4) is 0 Å². The maximum Gasteiger partial charge on any atom is 0.110 e. The first-order chi connectivity index (χ1) is 3.27. The van der Waals surface area contributed by atoms with E-state index in [1.165, 1.54) is 0 Å². The first-order valence-corrected chi connectivity index (χ1v) is 3.02. The first kappa shape index (κ1) is 7.31. The van der Waals surface area contributed by atoms with Crippen molar-refractivity contribution in [2.45, 2.75) is 25.7 Å². The molecule has 0 aromatic heterocycles. The van der Waals surface area contributed by atoms with Crippen molar-refractivity contribution in [1.82, 2.24) is 0 Å². The van der Waals surface area contributed by atoms with Crippen molar-refractivity contribution >= 4 is 12.6 Å². The van der Waals surface area contributed by atoms with Gasteiger partial charge in [0.2, 0.25) is 0 Å². The van der Waals surface area contributed by atoms with Gasteiger partial charge in [0, 0.05) is 6.61 Å². The molecule has 0 N–H and O–H groups in total. The summed E-state index contributed by atoms with van der Waals surface area (Å²) in [6.07, 6.45) is 1.06. The Bertz CT molecular complexity index is 37.1. The SMILES string of the molecule is CCCOC(C)[S]. The molecule has 0 fully saturated rings. The highest BCUT2D eigenvalue weighted by Gasteiger charge is 1.89. The van der Waals surface area contributed by atoms with Gasteiger partial charge in [-0.3, -0.25) is 0 Å². The van der Waals surface area contributed by atoms with Gasteiger partial charge in [0.15, 0.2) is 0 Å². The summed E-state index contributed by atoms with van der Waals surface area (Å²) in [5.74, 6) is 0. The summed E-state index contributed by atoms with van der Waals surface area (Å²) in [7, 11) is 0. The molecule has 1 nitrogen and oxygen atoms in total. The van der Waals surface area contributed by atoms with Gasteiger partial charge in [0.05, 0.1) is 0 Å². The van der Waals surface area contributed by atoms with Crippen molar-refractivity contribution < 1.29 is 4.74 Å². The van der Waals surface area contributed by atoms with E-state index in [4.69, 9.17) is 17.4 Å². The molecule has 0 saturated carbocycles. The molecule has 7 heavy (non-hydrogen) atoms. The van der Waals surface area contributed by atoms with E-state index in [0.717, 1.165) is 13.0 Å². The molecule has 1 atom stereocenters. The van der Waals surface area contributed by atoms with Gasteiger partial charge in [-0.2, -0.15) is 0 Å². The minimum atomic E-state index is -0.0139. The molecular weight excluding hydrogens is 108 g/mol. The Kier molecular flexibility index (Phi) is 4.67. The third kappa shape index (κ3) is 6.31. The molecule has 1 radical (unpaired) electrons. The summed E-state index contributed by atoms with van der Waals surface area (Å²) in [4.78, 5) is 0. The van der Waals surface area contributed by atoms with Crippen LogP contribution in [0.1, 0.15) is 20.3 Å². The van der Waals surface area contributed by atoms with Crippen molar-refractivity contribution in [2.75, 3.05) is 6.61 Å². The molecule has 0 spiro atoms. The lowest BCUT2D eigenvalue weighted by molar-refractivity contribution is 0.126. The zero-order valence-electron chi connectivity index (χ0n) is 4.81. The normalized spacial score (nSPS) is 14.1. The van der Waals surface area contributed by atoms with Gasteiger partial charge >= 0.3 is 0 Å². The highest BCUT2D eigenvalue weighted by molar-refractivity contribution is 7.80. The second kappa shape index (κ2) is 4.47. The van der Waals surface area contributed by atoms with Crippen molar-refractivity contribution in [2.24, 2.45) is 0 Å². The number of ether oxygens (including phenoxy) is 1. The van der Waals surface area contributed by atoms with Crippen molar-refractivity contribution in [3.63, 3.8) is 0 Å². The monoisotopic (exact) mass is 119 g/mol. The number of rotatable bonds is 3. The zero-order valence-corrected chi connectivity index (χ0v) is 5.62. The van der Waals surface area contributed by atoms with Gasteiger partial charge in [-0.05, 0) is 13.3 Å². The molecule has 0 aliphatic heterocycles. The summed E-state index contributed by atoms with van der Waals surface area (Å²) >= 11 is 4.72. The van der Waals surface area contributed by atoms with E-state index in [2.05, 4.69) is 6.92 Å². The largest absolute Gasteiger partial charge is 0.367 e. The van der Waals surface area contributed by atoms with Gasteiger partial charge in [-0.15, -0.1) is 0 Å². The summed E-state index contributed by atoms with van der Waals surface area (Å²) < 4.78 is 5.01. The van der Waals surface area contributed by atoms with Crippen LogP contribution in [0.15, 0.2) is 0 Å². The average Bonchev–Trinajstić information content (AvgIpc) is 1.61. The smallest absolute Gasteiger partial charge is 0.110 e. The van der Waals surface area contributed by atoms with Crippen molar-refractivity contribution in [3.05, 3.63) is 0 Å². The van der Waals surface area contributed by atoms with Gasteiger partial charge in [0.25, 0.3) is 0 Å². The lowest BCUT2D eigenvalue weighted by atomic mass is 10.5. The van der Waals surface area contributed by atoms with Crippen LogP contribution in [0.2, 0.25) is 0 Å². The quantitative estimate of drug-likeness (QED) is 0.551. The Morgan fingerprint density at radius 2 is 2.29 bits per heavy atom. The topological polar surface area (TPSA) is 9.23 Å². The van der Waals surface area contributed by atoms with Gasteiger partial charge in [-0.25, -0.2) is 0 Å². The third-order valence-corrected chi connectivity index (χ3v) is 0.693. The fourth-order valence-corrected chi connectivity index (χ4v) is 0.380. The molecule has 0 heterocycles. The molecule has 0 aliphatic rings. The van der Waals surface area contributed by atoms with Crippen LogP contribution in [0.25, 0.3) is 0 Å². The molecule has 0 saturated heterocycles. The average molecular weight is 119 g/mol. The van der Waals surface area contributed by atoms with E-state index >= 15 is 0 Å².